The van der Waals surface area contributed by atoms with Crippen molar-refractivity contribution in [2.75, 3.05) is 0 Å². The maximum Gasteiger partial charge on any atom is 0.290 e. The van der Waals surface area contributed by atoms with Gasteiger partial charge in [-0.25, -0.2) is 0 Å². The van der Waals surface area contributed by atoms with Gasteiger partial charge in [0.1, 0.15) is 0 Å². The van der Waals surface area contributed by atoms with Crippen LogP contribution in [-0.2, 0) is 17.8 Å². The maximum absolute atomic E-state index is 13.0. The number of rotatable bonds is 5. The molecule has 0 spiro atoms. The average molecular weight is 369 g/mol. The van der Waals surface area contributed by atoms with E-state index >= 15 is 0 Å². The summed E-state index contributed by atoms with van der Waals surface area (Å²) >= 11 is 0. The standard InChI is InChI=1S/C25H23NO2/c1-2-18-13-15-21(16-14-18)23-22(20-11-7-4-8-12-20)24(27)25(28)26(23)17-19-9-5-3-6-10-19/h3-16,23,27H,2,17H2,1H3/t23-/m1/s1. The van der Waals surface area contributed by atoms with Gasteiger partial charge in [-0.05, 0) is 28.7 Å². The van der Waals surface area contributed by atoms with Crippen LogP contribution < -0.4 is 0 Å². The highest BCUT2D eigenvalue weighted by Gasteiger charge is 2.40. The van der Waals surface area contributed by atoms with Gasteiger partial charge in [0.2, 0.25) is 0 Å². The van der Waals surface area contributed by atoms with Crippen molar-refractivity contribution in [2.24, 2.45) is 0 Å². The van der Waals surface area contributed by atoms with E-state index in [0.717, 1.165) is 23.1 Å². The minimum atomic E-state index is -0.327. The van der Waals surface area contributed by atoms with Crippen LogP contribution in [0.5, 0.6) is 0 Å². The first-order valence-corrected chi connectivity index (χ1v) is 9.61. The molecule has 0 radical (unpaired) electrons. The molecule has 0 saturated heterocycles. The van der Waals surface area contributed by atoms with Crippen molar-refractivity contribution in [2.45, 2.75) is 25.9 Å². The second-order valence-corrected chi connectivity index (χ2v) is 7.04. The van der Waals surface area contributed by atoms with Crippen LogP contribution >= 0.6 is 0 Å². The molecule has 1 amide bonds. The molecule has 3 heteroatoms. The topological polar surface area (TPSA) is 40.5 Å². The fourth-order valence-corrected chi connectivity index (χ4v) is 3.79. The van der Waals surface area contributed by atoms with Crippen molar-refractivity contribution in [3.8, 4) is 0 Å². The Balaban J connectivity index is 1.80. The van der Waals surface area contributed by atoms with Crippen LogP contribution in [0.3, 0.4) is 0 Å². The quantitative estimate of drug-likeness (QED) is 0.663. The number of nitrogens with zero attached hydrogens (tertiary/aromatic N) is 1. The molecule has 0 bridgehead atoms. The van der Waals surface area contributed by atoms with E-state index in [1.165, 1.54) is 5.56 Å². The molecule has 3 aromatic rings. The Kier molecular flexibility index (Phi) is 4.98. The van der Waals surface area contributed by atoms with E-state index < -0.39 is 0 Å². The number of carbonyl (C=O) groups is 1. The Labute approximate surface area is 165 Å². The summed E-state index contributed by atoms with van der Waals surface area (Å²) in [6.07, 6.45) is 0.963. The van der Waals surface area contributed by atoms with Crippen molar-refractivity contribution in [3.05, 3.63) is 113 Å². The lowest BCUT2D eigenvalue weighted by atomic mass is 9.92. The Morgan fingerprint density at radius 2 is 1.43 bits per heavy atom. The van der Waals surface area contributed by atoms with Crippen LogP contribution in [0.4, 0.5) is 0 Å². The Bertz CT molecular complexity index is 992. The number of hydrogen-bond acceptors (Lipinski definition) is 2. The van der Waals surface area contributed by atoms with Crippen LogP contribution in [0.2, 0.25) is 0 Å². The fourth-order valence-electron chi connectivity index (χ4n) is 3.79. The van der Waals surface area contributed by atoms with Crippen LogP contribution in [0.1, 0.15) is 35.2 Å². The Morgan fingerprint density at radius 1 is 0.821 bits per heavy atom. The van der Waals surface area contributed by atoms with Gasteiger partial charge in [0.05, 0.1) is 6.04 Å². The molecule has 1 aliphatic rings. The molecule has 1 aliphatic heterocycles. The van der Waals surface area contributed by atoms with Gasteiger partial charge in [-0.2, -0.15) is 0 Å². The molecule has 1 atom stereocenters. The highest BCUT2D eigenvalue weighted by atomic mass is 16.3. The van der Waals surface area contributed by atoms with Crippen LogP contribution in [0.25, 0.3) is 5.57 Å². The zero-order valence-electron chi connectivity index (χ0n) is 15.9. The first kappa shape index (κ1) is 18.1. The maximum atomic E-state index is 13.0. The smallest absolute Gasteiger partial charge is 0.290 e. The Hall–Kier alpha value is -3.33. The number of carbonyl (C=O) groups excluding carboxylic acids is 1. The zero-order chi connectivity index (χ0) is 19.5. The second kappa shape index (κ2) is 7.73. The molecule has 0 aromatic heterocycles. The highest BCUT2D eigenvalue weighted by molar-refractivity contribution is 6.05. The summed E-state index contributed by atoms with van der Waals surface area (Å²) in [4.78, 5) is 14.8. The predicted molar refractivity (Wildman–Crippen MR) is 112 cm³/mol. The van der Waals surface area contributed by atoms with Crippen LogP contribution in [0, 0.1) is 0 Å². The summed E-state index contributed by atoms with van der Waals surface area (Å²) in [6, 6.07) is 27.6. The van der Waals surface area contributed by atoms with Gasteiger partial charge >= 0.3 is 0 Å². The van der Waals surface area contributed by atoms with E-state index in [0.29, 0.717) is 12.1 Å². The van der Waals surface area contributed by atoms with Gasteiger partial charge in [0, 0.05) is 12.1 Å². The van der Waals surface area contributed by atoms with Crippen molar-refractivity contribution in [1.82, 2.24) is 4.90 Å². The van der Waals surface area contributed by atoms with Crippen molar-refractivity contribution >= 4 is 11.5 Å². The molecule has 0 saturated carbocycles. The molecule has 1 N–H and O–H groups in total. The number of benzene rings is 3. The van der Waals surface area contributed by atoms with Gasteiger partial charge in [0.25, 0.3) is 5.91 Å². The van der Waals surface area contributed by atoms with E-state index in [-0.39, 0.29) is 17.7 Å². The van der Waals surface area contributed by atoms with Crippen molar-refractivity contribution in [3.63, 3.8) is 0 Å². The van der Waals surface area contributed by atoms with E-state index in [1.54, 1.807) is 4.90 Å². The van der Waals surface area contributed by atoms with Crippen LogP contribution in [-0.4, -0.2) is 15.9 Å². The van der Waals surface area contributed by atoms with Gasteiger partial charge in [-0.3, -0.25) is 4.79 Å². The summed E-state index contributed by atoms with van der Waals surface area (Å²) in [7, 11) is 0. The first-order valence-electron chi connectivity index (χ1n) is 9.61. The molecule has 140 valence electrons. The summed E-state index contributed by atoms with van der Waals surface area (Å²) < 4.78 is 0. The summed E-state index contributed by atoms with van der Waals surface area (Å²) in [5, 5.41) is 10.8. The predicted octanol–water partition coefficient (Wildman–Crippen LogP) is 5.30. The normalized spacial score (nSPS) is 16.7. The lowest BCUT2D eigenvalue weighted by molar-refractivity contribution is -0.130. The number of amides is 1. The number of aliphatic hydroxyl groups is 1. The van der Waals surface area contributed by atoms with Gasteiger partial charge in [0.15, 0.2) is 5.76 Å². The number of hydrogen-bond donors (Lipinski definition) is 1. The lowest BCUT2D eigenvalue weighted by Crippen LogP contribution is -2.29. The Morgan fingerprint density at radius 3 is 2.04 bits per heavy atom. The van der Waals surface area contributed by atoms with E-state index in [9.17, 15) is 9.90 Å². The largest absolute Gasteiger partial charge is 0.503 e. The lowest BCUT2D eigenvalue weighted by Gasteiger charge is -2.27. The summed E-state index contributed by atoms with van der Waals surface area (Å²) in [6.45, 7) is 2.57. The van der Waals surface area contributed by atoms with Crippen LogP contribution in [0.15, 0.2) is 90.7 Å². The monoisotopic (exact) mass is 369 g/mol. The average Bonchev–Trinajstić information content (AvgIpc) is 3.00. The van der Waals surface area contributed by atoms with E-state index in [1.807, 2.05) is 60.7 Å². The minimum absolute atomic E-state index is 0.160. The SMILES string of the molecule is CCc1ccc([C@@H]2C(c3ccccc3)=C(O)C(=O)N2Cc2ccccc2)cc1. The van der Waals surface area contributed by atoms with Gasteiger partial charge < -0.3 is 10.0 Å². The van der Waals surface area contributed by atoms with Gasteiger partial charge in [-0.1, -0.05) is 91.9 Å². The summed E-state index contributed by atoms with van der Waals surface area (Å²) in [5.74, 6) is -0.487. The van der Waals surface area contributed by atoms with Gasteiger partial charge in [-0.15, -0.1) is 0 Å². The fraction of sp³-hybridized carbons (Fsp3) is 0.160. The molecule has 1 heterocycles. The third kappa shape index (κ3) is 3.31. The highest BCUT2D eigenvalue weighted by Crippen LogP contribution is 2.43. The number of aliphatic hydroxyl groups excluding tert-OH is 1. The second-order valence-electron chi connectivity index (χ2n) is 7.04. The third-order valence-corrected chi connectivity index (χ3v) is 5.29. The number of aryl methyl sites for hydroxylation is 1. The molecule has 0 fully saturated rings. The molecular weight excluding hydrogens is 346 g/mol. The third-order valence-electron chi connectivity index (χ3n) is 5.29. The molecule has 4 rings (SSSR count). The summed E-state index contributed by atoms with van der Waals surface area (Å²) in [5.41, 5.74) is 4.83. The zero-order valence-corrected chi connectivity index (χ0v) is 15.9. The molecule has 0 unspecified atom stereocenters. The molecule has 3 aromatic carbocycles. The molecule has 3 nitrogen and oxygen atoms in total. The molecule has 28 heavy (non-hydrogen) atoms. The minimum Gasteiger partial charge on any atom is -0.503 e. The van der Waals surface area contributed by atoms with E-state index in [2.05, 4.69) is 31.2 Å². The van der Waals surface area contributed by atoms with E-state index in [4.69, 9.17) is 0 Å². The first-order chi connectivity index (χ1) is 13.7. The molecular formula is C25H23NO2. The van der Waals surface area contributed by atoms with Crippen molar-refractivity contribution < 1.29 is 9.90 Å². The van der Waals surface area contributed by atoms with Crippen molar-refractivity contribution in [1.29, 1.82) is 0 Å². The molecule has 0 aliphatic carbocycles.